The van der Waals surface area contributed by atoms with Crippen LogP contribution in [0.3, 0.4) is 0 Å². The van der Waals surface area contributed by atoms with Gasteiger partial charge in [0, 0.05) is 28.8 Å². The molecule has 1 amide bonds. The molecule has 4 nitrogen and oxygen atoms in total. The average Bonchev–Trinajstić information content (AvgIpc) is 2.30. The number of benzene rings is 1. The lowest BCUT2D eigenvalue weighted by Gasteiger charge is -2.09. The van der Waals surface area contributed by atoms with Crippen LogP contribution < -0.4 is 15.8 Å². The molecule has 0 aliphatic rings. The molecule has 0 fully saturated rings. The molecule has 0 saturated heterocycles. The van der Waals surface area contributed by atoms with Gasteiger partial charge in [0.25, 0.3) is 0 Å². The summed E-state index contributed by atoms with van der Waals surface area (Å²) in [6.45, 7) is 3.90. The molecule has 0 aromatic heterocycles. The van der Waals surface area contributed by atoms with Crippen molar-refractivity contribution in [3.8, 4) is 5.75 Å². The Labute approximate surface area is 112 Å². The third kappa shape index (κ3) is 4.87. The van der Waals surface area contributed by atoms with E-state index >= 15 is 0 Å². The fourth-order valence-electron chi connectivity index (χ4n) is 1.41. The minimum Gasteiger partial charge on any atom is -0.497 e. The second kappa shape index (κ2) is 7.16. The van der Waals surface area contributed by atoms with Gasteiger partial charge in [-0.1, -0.05) is 0 Å². The summed E-state index contributed by atoms with van der Waals surface area (Å²) >= 11 is 1.57. The summed E-state index contributed by atoms with van der Waals surface area (Å²) in [4.78, 5) is 12.4. The zero-order valence-electron chi connectivity index (χ0n) is 11.0. The molecule has 0 unspecified atom stereocenters. The highest BCUT2D eigenvalue weighted by molar-refractivity contribution is 7.99. The topological polar surface area (TPSA) is 64.3 Å². The standard InChI is InChI=1S/C13H20N2O2S/c1-9(2)15-13(16)6-7-18-12-8-10(17-3)4-5-11(12)14/h4-5,8-9H,6-7,14H2,1-3H3,(H,15,16). The fraction of sp³-hybridized carbons (Fsp3) is 0.462. The Kier molecular flexibility index (Phi) is 5.85. The average molecular weight is 268 g/mol. The lowest BCUT2D eigenvalue weighted by Crippen LogP contribution is -2.30. The summed E-state index contributed by atoms with van der Waals surface area (Å²) in [7, 11) is 1.62. The maximum atomic E-state index is 11.5. The van der Waals surface area contributed by atoms with Crippen LogP contribution >= 0.6 is 11.8 Å². The van der Waals surface area contributed by atoms with Crippen LogP contribution in [-0.2, 0) is 4.79 Å². The Morgan fingerprint density at radius 1 is 1.50 bits per heavy atom. The minimum atomic E-state index is 0.0685. The molecule has 0 heterocycles. The summed E-state index contributed by atoms with van der Waals surface area (Å²) in [5, 5.41) is 2.86. The van der Waals surface area contributed by atoms with E-state index in [0.29, 0.717) is 17.9 Å². The quantitative estimate of drug-likeness (QED) is 0.613. The predicted molar refractivity (Wildman–Crippen MR) is 76.0 cm³/mol. The first kappa shape index (κ1) is 14.7. The van der Waals surface area contributed by atoms with E-state index in [9.17, 15) is 4.79 Å². The number of hydrogen-bond acceptors (Lipinski definition) is 4. The van der Waals surface area contributed by atoms with Crippen LogP contribution in [0.2, 0.25) is 0 Å². The Hall–Kier alpha value is -1.36. The number of carbonyl (C=O) groups excluding carboxylic acids is 1. The number of rotatable bonds is 6. The number of thioether (sulfide) groups is 1. The van der Waals surface area contributed by atoms with Crippen LogP contribution in [0.4, 0.5) is 5.69 Å². The van der Waals surface area contributed by atoms with Crippen molar-refractivity contribution in [2.45, 2.75) is 31.2 Å². The monoisotopic (exact) mass is 268 g/mol. The van der Waals surface area contributed by atoms with Gasteiger partial charge in [0.15, 0.2) is 0 Å². The molecule has 0 aliphatic carbocycles. The van der Waals surface area contributed by atoms with Crippen LogP contribution in [0.1, 0.15) is 20.3 Å². The largest absolute Gasteiger partial charge is 0.497 e. The molecule has 5 heteroatoms. The summed E-state index contributed by atoms with van der Waals surface area (Å²) in [5.74, 6) is 1.55. The molecule has 100 valence electrons. The Balaban J connectivity index is 2.46. The van der Waals surface area contributed by atoms with Crippen LogP contribution in [-0.4, -0.2) is 24.8 Å². The van der Waals surface area contributed by atoms with E-state index in [1.54, 1.807) is 18.9 Å². The van der Waals surface area contributed by atoms with Gasteiger partial charge in [0.2, 0.25) is 5.91 Å². The zero-order chi connectivity index (χ0) is 13.5. The molecule has 3 N–H and O–H groups in total. The minimum absolute atomic E-state index is 0.0685. The number of carbonyl (C=O) groups is 1. The normalized spacial score (nSPS) is 10.4. The van der Waals surface area contributed by atoms with E-state index < -0.39 is 0 Å². The highest BCUT2D eigenvalue weighted by atomic mass is 32.2. The van der Waals surface area contributed by atoms with Crippen LogP contribution in [0, 0.1) is 0 Å². The van der Waals surface area contributed by atoms with Crippen molar-refractivity contribution in [1.29, 1.82) is 0 Å². The smallest absolute Gasteiger partial charge is 0.221 e. The fourth-order valence-corrected chi connectivity index (χ4v) is 2.36. The summed E-state index contributed by atoms with van der Waals surface area (Å²) < 4.78 is 5.14. The first-order valence-corrected chi connectivity index (χ1v) is 6.87. The SMILES string of the molecule is COc1ccc(N)c(SCCC(=O)NC(C)C)c1. The molecule has 0 atom stereocenters. The molecule has 1 rings (SSSR count). The number of nitrogens with one attached hydrogen (secondary N) is 1. The van der Waals surface area contributed by atoms with Gasteiger partial charge in [-0.05, 0) is 32.0 Å². The molecule has 18 heavy (non-hydrogen) atoms. The number of methoxy groups -OCH3 is 1. The van der Waals surface area contributed by atoms with Crippen molar-refractivity contribution in [3.63, 3.8) is 0 Å². The van der Waals surface area contributed by atoms with Crippen molar-refractivity contribution in [1.82, 2.24) is 5.32 Å². The van der Waals surface area contributed by atoms with Gasteiger partial charge >= 0.3 is 0 Å². The maximum absolute atomic E-state index is 11.5. The zero-order valence-corrected chi connectivity index (χ0v) is 11.8. The molecule has 0 spiro atoms. The van der Waals surface area contributed by atoms with E-state index in [1.165, 1.54) is 0 Å². The van der Waals surface area contributed by atoms with Crippen molar-refractivity contribution in [2.24, 2.45) is 0 Å². The van der Waals surface area contributed by atoms with Crippen molar-refractivity contribution in [3.05, 3.63) is 18.2 Å². The summed E-state index contributed by atoms with van der Waals surface area (Å²) in [6, 6.07) is 5.71. The van der Waals surface area contributed by atoms with Gasteiger partial charge in [-0.3, -0.25) is 4.79 Å². The molecule has 1 aromatic rings. The van der Waals surface area contributed by atoms with Gasteiger partial charge in [-0.15, -0.1) is 11.8 Å². The third-order valence-corrected chi connectivity index (χ3v) is 3.33. The van der Waals surface area contributed by atoms with Crippen molar-refractivity contribution in [2.75, 3.05) is 18.6 Å². The molecule has 0 saturated carbocycles. The molecule has 0 aliphatic heterocycles. The Morgan fingerprint density at radius 3 is 2.83 bits per heavy atom. The van der Waals surface area contributed by atoms with Crippen LogP contribution in [0.15, 0.2) is 23.1 Å². The molecule has 0 bridgehead atoms. The van der Waals surface area contributed by atoms with Gasteiger partial charge in [0.05, 0.1) is 7.11 Å². The number of nitrogens with two attached hydrogens (primary N) is 1. The lowest BCUT2D eigenvalue weighted by atomic mass is 10.3. The van der Waals surface area contributed by atoms with Crippen LogP contribution in [0.25, 0.3) is 0 Å². The first-order chi connectivity index (χ1) is 8.52. The van der Waals surface area contributed by atoms with E-state index in [1.807, 2.05) is 32.0 Å². The van der Waals surface area contributed by atoms with Gasteiger partial charge in [-0.25, -0.2) is 0 Å². The van der Waals surface area contributed by atoms with E-state index in [0.717, 1.165) is 10.6 Å². The molecule has 0 radical (unpaired) electrons. The Bertz CT molecular complexity index is 408. The summed E-state index contributed by atoms with van der Waals surface area (Å²) in [5.41, 5.74) is 6.58. The first-order valence-electron chi connectivity index (χ1n) is 5.88. The lowest BCUT2D eigenvalue weighted by molar-refractivity contribution is -0.121. The maximum Gasteiger partial charge on any atom is 0.221 e. The number of ether oxygens (including phenoxy) is 1. The van der Waals surface area contributed by atoms with Crippen molar-refractivity contribution < 1.29 is 9.53 Å². The molecule has 1 aromatic carbocycles. The molecular formula is C13H20N2O2S. The number of nitrogen functional groups attached to an aromatic ring is 1. The second-order valence-corrected chi connectivity index (χ2v) is 5.36. The molecular weight excluding hydrogens is 248 g/mol. The van der Waals surface area contributed by atoms with Gasteiger partial charge in [0.1, 0.15) is 5.75 Å². The van der Waals surface area contributed by atoms with Gasteiger partial charge in [-0.2, -0.15) is 0 Å². The predicted octanol–water partition coefficient (Wildman–Crippen LogP) is 2.28. The highest BCUT2D eigenvalue weighted by Gasteiger charge is 2.06. The number of hydrogen-bond donors (Lipinski definition) is 2. The number of anilines is 1. The second-order valence-electron chi connectivity index (χ2n) is 4.22. The van der Waals surface area contributed by atoms with E-state index in [-0.39, 0.29) is 11.9 Å². The van der Waals surface area contributed by atoms with E-state index in [2.05, 4.69) is 5.32 Å². The highest BCUT2D eigenvalue weighted by Crippen LogP contribution is 2.29. The van der Waals surface area contributed by atoms with E-state index in [4.69, 9.17) is 10.5 Å². The third-order valence-electron chi connectivity index (χ3n) is 2.26. The number of amides is 1. The van der Waals surface area contributed by atoms with Crippen LogP contribution in [0.5, 0.6) is 5.75 Å². The summed E-state index contributed by atoms with van der Waals surface area (Å²) in [6.07, 6.45) is 0.486. The Morgan fingerprint density at radius 2 is 2.22 bits per heavy atom. The van der Waals surface area contributed by atoms with Crippen molar-refractivity contribution >= 4 is 23.4 Å². The van der Waals surface area contributed by atoms with Gasteiger partial charge < -0.3 is 15.8 Å².